The zero-order valence-electron chi connectivity index (χ0n) is 7.83. The van der Waals surface area contributed by atoms with E-state index in [4.69, 9.17) is 18.9 Å². The summed E-state index contributed by atoms with van der Waals surface area (Å²) in [5, 5.41) is 0. The Balaban J connectivity index is 2.66. The van der Waals surface area contributed by atoms with Crippen molar-refractivity contribution < 1.29 is 18.9 Å². The molecule has 1 saturated heterocycles. The molecule has 72 valence electrons. The summed E-state index contributed by atoms with van der Waals surface area (Å²) in [7, 11) is 4.88. The van der Waals surface area contributed by atoms with Crippen LogP contribution in [0.1, 0.15) is 6.42 Å². The summed E-state index contributed by atoms with van der Waals surface area (Å²) in [6.45, 7) is 1.18. The highest BCUT2D eigenvalue weighted by Crippen LogP contribution is 2.27. The molecule has 4 nitrogen and oxygen atoms in total. The second-order valence-corrected chi connectivity index (χ2v) is 2.77. The fourth-order valence-corrected chi connectivity index (χ4v) is 1.49. The van der Waals surface area contributed by atoms with Crippen LogP contribution in [0.5, 0.6) is 0 Å². The van der Waals surface area contributed by atoms with Gasteiger partial charge in [-0.1, -0.05) is 0 Å². The third-order valence-corrected chi connectivity index (χ3v) is 2.33. The summed E-state index contributed by atoms with van der Waals surface area (Å²) >= 11 is 0. The Kier molecular flexibility index (Phi) is 3.46. The van der Waals surface area contributed by atoms with Crippen LogP contribution in [0.25, 0.3) is 0 Å². The van der Waals surface area contributed by atoms with Crippen LogP contribution in [0.15, 0.2) is 0 Å². The lowest BCUT2D eigenvalue weighted by molar-refractivity contribution is -0.298. The first-order valence-electron chi connectivity index (χ1n) is 4.00. The SMILES string of the molecule is CO[C@H]1COCCC1(OC)OC. The van der Waals surface area contributed by atoms with E-state index in [9.17, 15) is 0 Å². The predicted molar refractivity (Wildman–Crippen MR) is 43.0 cm³/mol. The molecule has 0 bridgehead atoms. The topological polar surface area (TPSA) is 36.9 Å². The number of hydrogen-bond acceptors (Lipinski definition) is 4. The fourth-order valence-electron chi connectivity index (χ4n) is 1.49. The van der Waals surface area contributed by atoms with E-state index in [1.807, 2.05) is 0 Å². The van der Waals surface area contributed by atoms with Gasteiger partial charge in [-0.05, 0) is 0 Å². The highest BCUT2D eigenvalue weighted by Gasteiger charge is 2.42. The molecule has 0 amide bonds. The molecular formula is C8H16O4. The minimum absolute atomic E-state index is 0.138. The maximum absolute atomic E-state index is 5.30. The summed E-state index contributed by atoms with van der Waals surface area (Å²) in [6, 6.07) is 0. The fraction of sp³-hybridized carbons (Fsp3) is 1.00. The Labute approximate surface area is 72.7 Å². The van der Waals surface area contributed by atoms with Crippen LogP contribution in [-0.2, 0) is 18.9 Å². The van der Waals surface area contributed by atoms with Gasteiger partial charge in [0.05, 0.1) is 13.2 Å². The van der Waals surface area contributed by atoms with Gasteiger partial charge in [-0.15, -0.1) is 0 Å². The molecule has 1 aliphatic heterocycles. The van der Waals surface area contributed by atoms with E-state index >= 15 is 0 Å². The van der Waals surface area contributed by atoms with E-state index < -0.39 is 5.79 Å². The number of ether oxygens (including phenoxy) is 4. The molecule has 0 aliphatic carbocycles. The lowest BCUT2D eigenvalue weighted by Gasteiger charge is -2.40. The monoisotopic (exact) mass is 176 g/mol. The van der Waals surface area contributed by atoms with Gasteiger partial charge in [0.15, 0.2) is 5.79 Å². The number of hydrogen-bond donors (Lipinski definition) is 0. The van der Waals surface area contributed by atoms with Crippen molar-refractivity contribution in [2.45, 2.75) is 18.3 Å². The maximum Gasteiger partial charge on any atom is 0.198 e. The normalized spacial score (nSPS) is 28.8. The average molecular weight is 176 g/mol. The molecule has 1 heterocycles. The van der Waals surface area contributed by atoms with Crippen LogP contribution in [0, 0.1) is 0 Å². The average Bonchev–Trinajstić information content (AvgIpc) is 2.17. The van der Waals surface area contributed by atoms with Crippen LogP contribution >= 0.6 is 0 Å². The molecule has 0 aromatic heterocycles. The van der Waals surface area contributed by atoms with Gasteiger partial charge in [0.2, 0.25) is 0 Å². The van der Waals surface area contributed by atoms with Crippen LogP contribution in [0.4, 0.5) is 0 Å². The summed E-state index contributed by atoms with van der Waals surface area (Å²) < 4.78 is 21.1. The zero-order chi connectivity index (χ0) is 9.03. The Bertz CT molecular complexity index is 133. The van der Waals surface area contributed by atoms with E-state index in [-0.39, 0.29) is 6.10 Å². The predicted octanol–water partition coefficient (Wildman–Crippen LogP) is 0.411. The molecule has 0 unspecified atom stereocenters. The molecule has 1 aliphatic rings. The smallest absolute Gasteiger partial charge is 0.198 e. The lowest BCUT2D eigenvalue weighted by atomic mass is 10.0. The van der Waals surface area contributed by atoms with Crippen molar-refractivity contribution in [3.8, 4) is 0 Å². The van der Waals surface area contributed by atoms with Crippen molar-refractivity contribution in [2.75, 3.05) is 34.5 Å². The van der Waals surface area contributed by atoms with E-state index in [0.717, 1.165) is 0 Å². The number of methoxy groups -OCH3 is 3. The molecule has 0 N–H and O–H groups in total. The van der Waals surface area contributed by atoms with Gasteiger partial charge in [0.25, 0.3) is 0 Å². The van der Waals surface area contributed by atoms with Crippen molar-refractivity contribution in [1.29, 1.82) is 0 Å². The van der Waals surface area contributed by atoms with Crippen LogP contribution < -0.4 is 0 Å². The van der Waals surface area contributed by atoms with Gasteiger partial charge < -0.3 is 18.9 Å². The third-order valence-electron chi connectivity index (χ3n) is 2.33. The van der Waals surface area contributed by atoms with Gasteiger partial charge >= 0.3 is 0 Å². The first-order chi connectivity index (χ1) is 5.79. The Morgan fingerprint density at radius 1 is 1.25 bits per heavy atom. The Morgan fingerprint density at radius 3 is 2.33 bits per heavy atom. The lowest BCUT2D eigenvalue weighted by Crippen LogP contribution is -2.53. The number of rotatable bonds is 3. The minimum atomic E-state index is -0.618. The quantitative estimate of drug-likeness (QED) is 0.584. The van der Waals surface area contributed by atoms with Crippen molar-refractivity contribution >= 4 is 0 Å². The van der Waals surface area contributed by atoms with Crippen LogP contribution in [-0.4, -0.2) is 46.4 Å². The second-order valence-electron chi connectivity index (χ2n) is 2.77. The molecule has 0 saturated carbocycles. The molecule has 1 atom stereocenters. The summed E-state index contributed by atoms with van der Waals surface area (Å²) in [4.78, 5) is 0. The molecule has 1 rings (SSSR count). The Hall–Kier alpha value is -0.160. The summed E-state index contributed by atoms with van der Waals surface area (Å²) in [5.74, 6) is -0.618. The van der Waals surface area contributed by atoms with E-state index in [0.29, 0.717) is 19.6 Å². The Morgan fingerprint density at radius 2 is 1.92 bits per heavy atom. The van der Waals surface area contributed by atoms with Crippen molar-refractivity contribution in [3.63, 3.8) is 0 Å². The van der Waals surface area contributed by atoms with Gasteiger partial charge in [0, 0.05) is 27.8 Å². The van der Waals surface area contributed by atoms with Gasteiger partial charge in [0.1, 0.15) is 6.10 Å². The van der Waals surface area contributed by atoms with Crippen molar-refractivity contribution in [1.82, 2.24) is 0 Å². The molecule has 0 aromatic carbocycles. The highest BCUT2D eigenvalue weighted by atomic mass is 16.7. The first-order valence-corrected chi connectivity index (χ1v) is 4.00. The van der Waals surface area contributed by atoms with E-state index in [1.165, 1.54) is 0 Å². The second kappa shape index (κ2) is 4.18. The molecule has 4 heteroatoms. The third kappa shape index (κ3) is 1.61. The maximum atomic E-state index is 5.30. The first kappa shape index (κ1) is 9.92. The molecule has 0 radical (unpaired) electrons. The molecular weight excluding hydrogens is 160 g/mol. The van der Waals surface area contributed by atoms with E-state index in [2.05, 4.69) is 0 Å². The van der Waals surface area contributed by atoms with Gasteiger partial charge in [-0.2, -0.15) is 0 Å². The van der Waals surface area contributed by atoms with Gasteiger partial charge in [-0.3, -0.25) is 0 Å². The largest absolute Gasteiger partial charge is 0.378 e. The standard InChI is InChI=1S/C8H16O4/c1-9-7-6-12-5-4-8(7,10-2)11-3/h7H,4-6H2,1-3H3/t7-/m0/s1. The molecule has 0 aromatic rings. The van der Waals surface area contributed by atoms with Crippen molar-refractivity contribution in [2.24, 2.45) is 0 Å². The zero-order valence-corrected chi connectivity index (χ0v) is 7.83. The van der Waals surface area contributed by atoms with Crippen LogP contribution in [0.3, 0.4) is 0 Å². The van der Waals surface area contributed by atoms with E-state index in [1.54, 1.807) is 21.3 Å². The van der Waals surface area contributed by atoms with Gasteiger partial charge in [-0.25, -0.2) is 0 Å². The highest BCUT2D eigenvalue weighted by molar-refractivity contribution is 4.83. The molecule has 12 heavy (non-hydrogen) atoms. The van der Waals surface area contributed by atoms with Crippen molar-refractivity contribution in [3.05, 3.63) is 0 Å². The molecule has 1 fully saturated rings. The molecule has 0 spiro atoms. The summed E-state index contributed by atoms with van der Waals surface area (Å²) in [5.41, 5.74) is 0. The summed E-state index contributed by atoms with van der Waals surface area (Å²) in [6.07, 6.45) is 0.569. The minimum Gasteiger partial charge on any atom is -0.378 e. The van der Waals surface area contributed by atoms with Crippen LogP contribution in [0.2, 0.25) is 0 Å².